The minimum absolute atomic E-state index is 0.0106. The van der Waals surface area contributed by atoms with Crippen molar-refractivity contribution < 1.29 is 56.3 Å². The van der Waals surface area contributed by atoms with E-state index in [0.29, 0.717) is 61.7 Å². The van der Waals surface area contributed by atoms with Gasteiger partial charge in [0.15, 0.2) is 33.2 Å². The number of alkyl halides is 3. The Morgan fingerprint density at radius 2 is 0.704 bits per heavy atom. The van der Waals surface area contributed by atoms with Gasteiger partial charge in [0.1, 0.15) is 16.8 Å². The van der Waals surface area contributed by atoms with Crippen molar-refractivity contribution in [2.24, 2.45) is 10.2 Å². The molecule has 1 aliphatic rings. The minimum Gasteiger partial charge on any atom is -0.406 e. The molecule has 7 heterocycles. The number of nitrogens with one attached hydrogen (secondary N) is 9. The Labute approximate surface area is 765 Å². The number of carbonyl (C=O) groups excluding carboxylic acids is 8. The molecule has 1 saturated heterocycles. The summed E-state index contributed by atoms with van der Waals surface area (Å²) in [7, 11) is 0. The van der Waals surface area contributed by atoms with Crippen LogP contribution in [0.25, 0.3) is 22.7 Å². The van der Waals surface area contributed by atoms with Gasteiger partial charge in [-0.15, -0.1) is 33.6 Å². The highest BCUT2D eigenvalue weighted by molar-refractivity contribution is 6.09. The van der Waals surface area contributed by atoms with Crippen LogP contribution in [0, 0.1) is 38.8 Å². The molecular formula is C95H79F3N28O9+2. The molecule has 0 unspecified atom stereocenters. The van der Waals surface area contributed by atoms with Crippen LogP contribution in [0.3, 0.4) is 0 Å². The van der Waals surface area contributed by atoms with E-state index in [-0.39, 0.29) is 94.5 Å². The van der Waals surface area contributed by atoms with Crippen LogP contribution >= 0.6 is 0 Å². The van der Waals surface area contributed by atoms with Gasteiger partial charge >= 0.3 is 6.36 Å². The largest absolute Gasteiger partial charge is 0.573 e. The van der Waals surface area contributed by atoms with Gasteiger partial charge in [0.2, 0.25) is 33.6 Å². The lowest BCUT2D eigenvalue weighted by atomic mass is 10.1. The predicted octanol–water partition coefficient (Wildman–Crippen LogP) is 16.8. The fourth-order valence-electron chi connectivity index (χ4n) is 13.2. The average Bonchev–Trinajstić information content (AvgIpc) is 1.68. The molecule has 1 fully saturated rings. The predicted molar refractivity (Wildman–Crippen MR) is 493 cm³/mol. The number of nitrogens with zero attached hydrogens (tertiary/aromatic N) is 19. The van der Waals surface area contributed by atoms with Crippen LogP contribution in [0.15, 0.2) is 314 Å². The number of rotatable bonds is 25. The third-order valence-corrected chi connectivity index (χ3v) is 20.1. The number of pyridine rings is 2. The van der Waals surface area contributed by atoms with Crippen molar-refractivity contribution in [2.75, 3.05) is 55.2 Å². The van der Waals surface area contributed by atoms with Gasteiger partial charge in [-0.25, -0.2) is 0 Å². The monoisotopic (exact) mass is 1810 g/mol. The van der Waals surface area contributed by atoms with Crippen LogP contribution in [0.1, 0.15) is 117 Å². The van der Waals surface area contributed by atoms with Crippen LogP contribution in [-0.4, -0.2) is 136 Å². The summed E-state index contributed by atoms with van der Waals surface area (Å²) in [6.07, 6.45) is 2.04. The molecule has 0 radical (unpaired) electrons. The molecule has 37 nitrogen and oxygen atoms in total. The fourth-order valence-corrected chi connectivity index (χ4v) is 13.2. The lowest BCUT2D eigenvalue weighted by molar-refractivity contribution is -0.274. The smallest absolute Gasteiger partial charge is 0.406 e. The van der Waals surface area contributed by atoms with E-state index in [2.05, 4.69) is 117 Å². The molecule has 9 N–H and O–H groups in total. The average molecular weight is 1810 g/mol. The summed E-state index contributed by atoms with van der Waals surface area (Å²) in [6, 6.07) is 78.8. The van der Waals surface area contributed by atoms with Gasteiger partial charge in [0.05, 0.1) is 29.2 Å². The molecule has 135 heavy (non-hydrogen) atoms. The summed E-state index contributed by atoms with van der Waals surface area (Å²) in [5.41, 5.74) is 24.7. The highest BCUT2D eigenvalue weighted by Gasteiger charge is 2.32. The van der Waals surface area contributed by atoms with E-state index >= 15 is 0 Å². The molecule has 0 atom stereocenters. The number of hydrogen-bond donors (Lipinski definition) is 9. The minimum atomic E-state index is -4.84. The van der Waals surface area contributed by atoms with Crippen molar-refractivity contribution >= 4 is 106 Å². The third kappa shape index (κ3) is 24.3. The van der Waals surface area contributed by atoms with Gasteiger partial charge in [-0.3, -0.25) is 85.5 Å². The molecule has 17 rings (SSSR count). The zero-order chi connectivity index (χ0) is 94.9. The topological polar surface area (TPSA) is 482 Å². The van der Waals surface area contributed by atoms with Gasteiger partial charge in [0.25, 0.3) is 59.2 Å². The van der Waals surface area contributed by atoms with E-state index in [1.807, 2.05) is 161 Å². The zero-order valence-electron chi connectivity index (χ0n) is 72.0. The Kier molecular flexibility index (Phi) is 29.5. The molecule has 0 bridgehead atoms. The molecule has 672 valence electrons. The van der Waals surface area contributed by atoms with E-state index in [9.17, 15) is 51.5 Å². The first-order valence-electron chi connectivity index (χ1n) is 41.2. The first-order valence-corrected chi connectivity index (χ1v) is 41.2. The highest BCUT2D eigenvalue weighted by Crippen LogP contribution is 2.30. The summed E-state index contributed by atoms with van der Waals surface area (Å²) < 4.78 is 46.9. The number of ketones is 1. The van der Waals surface area contributed by atoms with E-state index in [4.69, 9.17) is 11.1 Å². The van der Waals surface area contributed by atoms with Crippen LogP contribution in [0.2, 0.25) is 0 Å². The summed E-state index contributed by atoms with van der Waals surface area (Å²) in [4.78, 5) is 135. The van der Waals surface area contributed by atoms with Crippen LogP contribution < -0.4 is 56.7 Å². The molecule has 7 amide bonds. The maximum absolute atomic E-state index is 13.0. The van der Waals surface area contributed by atoms with Crippen molar-refractivity contribution in [2.45, 2.75) is 46.9 Å². The Balaban J connectivity index is 0.000000144. The third-order valence-electron chi connectivity index (χ3n) is 20.1. The molecule has 0 saturated carbocycles. The maximum atomic E-state index is 13.0. The number of carbonyl (C=O) groups is 8. The van der Waals surface area contributed by atoms with Crippen molar-refractivity contribution in [3.05, 3.63) is 376 Å². The molecule has 10 aromatic carbocycles. The highest BCUT2D eigenvalue weighted by atomic mass is 19.4. The number of amides is 7. The number of aryl methyl sites for hydroxylation is 4. The molecule has 6 aromatic heterocycles. The van der Waals surface area contributed by atoms with Crippen LogP contribution in [-0.2, 0) is 6.42 Å². The first kappa shape index (κ1) is 92.2. The van der Waals surface area contributed by atoms with Crippen LogP contribution in [0.5, 0.6) is 5.75 Å². The molecule has 16 aromatic rings. The number of aromatic nitrogens is 14. The molecule has 0 aliphatic carbocycles. The van der Waals surface area contributed by atoms with Crippen molar-refractivity contribution in [1.82, 2.24) is 78.8 Å². The number of benzene rings is 10. The lowest BCUT2D eigenvalue weighted by Gasteiger charge is -2.33. The van der Waals surface area contributed by atoms with Crippen molar-refractivity contribution in [3.8, 4) is 28.5 Å². The maximum Gasteiger partial charge on any atom is 0.573 e. The van der Waals surface area contributed by atoms with E-state index in [1.54, 1.807) is 91.0 Å². The number of hydrogen-bond acceptors (Lipinski definition) is 24. The van der Waals surface area contributed by atoms with Gasteiger partial charge in [-0.1, -0.05) is 115 Å². The number of halogens is 3. The molecular weight excluding hydrogens is 1730 g/mol. The van der Waals surface area contributed by atoms with Gasteiger partial charge < -0.3 is 9.64 Å². The SMILES string of the molecule is Cc1ccccc1C(=O)Nc1nc(CC(=O)c2ccc(N=[N+]=N)cc2)nn1-c1ccccc1.Cc1ccccc1C(=O)Nc1nc(NC(=O)c2cccc(N=[N+]=N)c2)nn1-c1ccccc1.Cc1ccccc1C(=O)Nc1nc(NC(=O)c2ccccc2C)n(-c2ccc(N3CCC3)cc2)n1.O=C(Nc1nc(NC(=O)c2ccncc2)n(-c2ccc(OC(F)(F)F)cc2)n1)c1ccncc1. The van der Waals surface area contributed by atoms with E-state index < -0.39 is 29.8 Å². The normalized spacial score (nSPS) is 11.1. The van der Waals surface area contributed by atoms with Crippen LogP contribution in [0.4, 0.5) is 71.9 Å². The number of Topliss-reactive ketones (excluding diaryl/α,β-unsaturated/α-hetero) is 1. The summed E-state index contributed by atoms with van der Waals surface area (Å²) in [6.45, 7) is 9.55. The van der Waals surface area contributed by atoms with Gasteiger partial charge in [-0.05, 0) is 220 Å². The van der Waals surface area contributed by atoms with Crippen molar-refractivity contribution in [3.63, 3.8) is 0 Å². The second-order valence-corrected chi connectivity index (χ2v) is 29.4. The summed E-state index contributed by atoms with van der Waals surface area (Å²) in [5, 5.41) is 43.6. The van der Waals surface area contributed by atoms with E-state index in [0.717, 1.165) is 63.5 Å². The fraction of sp³-hybridized carbons (Fsp3) is 0.0947. The number of anilines is 8. The quantitative estimate of drug-likeness (QED) is 0.0146. The molecule has 0 spiro atoms. The Morgan fingerprint density at radius 3 is 1.11 bits per heavy atom. The number of para-hydroxylation sites is 2. The van der Waals surface area contributed by atoms with Gasteiger partial charge in [0, 0.05) is 88.1 Å². The Bertz CT molecular complexity index is 7110. The zero-order valence-corrected chi connectivity index (χ0v) is 72.0. The van der Waals surface area contributed by atoms with Crippen molar-refractivity contribution in [1.29, 1.82) is 11.1 Å². The number of ether oxygens (including phenoxy) is 1. The Morgan fingerprint density at radius 1 is 0.356 bits per heavy atom. The summed E-state index contributed by atoms with van der Waals surface area (Å²) in [5.74, 6) is -2.69. The second kappa shape index (κ2) is 43.2. The summed E-state index contributed by atoms with van der Waals surface area (Å²) >= 11 is 0. The first-order chi connectivity index (χ1) is 65.4. The second-order valence-electron chi connectivity index (χ2n) is 29.4. The van der Waals surface area contributed by atoms with E-state index in [1.165, 1.54) is 87.7 Å². The standard InChI is InChI=1S/C27H26N6O2.C24H19N7O2.C23H18N8O2.C21H14F3N7O3/c1-18-8-3-5-10-22(18)24(34)28-26-30-27(29-25(35)23-11-6-4-9-19(23)2)33(31-26)21-14-12-20(13-15-21)32-16-7-17-32;1-16-7-5-6-10-20(16)23(33)27-24-26-22(29-31(24)19-8-3-2-4-9-19)15-21(32)17-11-13-18(14-12-17)28-30-25;1-15-8-5-6-13-19(15)21(33)26-23-27-22(29-31(23)18-11-3-2-4-12-18)25-20(32)16-9-7-10-17(14-16)28-30-24;22-21(23,24)34-16-3-1-15(2-4-16)31-20(28-18(33)14-7-11-26-12-8-14)29-19(30-31)27-17(32)13-5-9-25-10-6-13/h3-6,8-15H,7,16-17H2,1-2H3,(H2,28,29,30,31,34,35);2-14,25H,15H2,1H3;2-14,24H,1H3,(H-,25,26,27,29,32,33);1-12H,(H2,27,28,29,30,32,33)/p+2. The molecule has 40 heteroatoms. The Hall–Kier alpha value is -19.0. The lowest BCUT2D eigenvalue weighted by Crippen LogP contribution is -2.36. The van der Waals surface area contributed by atoms with Gasteiger partial charge in [-0.2, -0.15) is 38.7 Å². The molecule has 1 aliphatic heterocycles.